The molecule has 128 heavy (non-hydrogen) atoms. The number of hydrogen-bond donors (Lipinski definition) is 14. The number of benzene rings is 6. The van der Waals surface area contributed by atoms with E-state index in [1.165, 1.54) is 33.4 Å². The SMILES string of the molecule is CC1(C)CNCc2cc(C(C)(C)C)cc(c2O)CNCCCNCc2cc(C(C)(C)C)cc(c2O)CNC1.CC1(C)C[NH+]=Cc2cc(C(C)(C)C)cc(c2[O-])C[NH2+]CC(C)(C)C[NH2+]Cc2cc(C(C)(C)C)cc(c2[O-])C=[NH+]C1.CC1(C)C[NH2+]Cc2cc(C(C)(C)C)cc(c2[O-])C[NH2+]CCC[NH2+]Cc2cc(C(C)(C)C)cc(c2[O-])C[NH2+]C1.[CH3-].[CH3-].[CH3-].[CH3-].[CH3-].[CH3-].[Mg+2].[Mg+2].[Mg+2].[Mg+2].[Ni+3].[Ni+3]. The summed E-state index contributed by atoms with van der Waals surface area (Å²) in [5.41, 5.74) is 17.9. The van der Waals surface area contributed by atoms with Gasteiger partial charge in [-0.3, -0.25) is 0 Å². The van der Waals surface area contributed by atoms with E-state index in [-0.39, 0.29) is 247 Å². The molecule has 0 unspecified atom stereocenters. The van der Waals surface area contributed by atoms with E-state index >= 15 is 0 Å². The minimum absolute atomic E-state index is 0. The normalized spacial score (nSPS) is 17.0. The van der Waals surface area contributed by atoms with Crippen LogP contribution in [-0.2, 0) is 131 Å². The van der Waals surface area contributed by atoms with Crippen molar-refractivity contribution in [1.82, 2.24) is 21.3 Å². The van der Waals surface area contributed by atoms with Crippen LogP contribution in [0.1, 0.15) is 293 Å². The van der Waals surface area contributed by atoms with Crippen molar-refractivity contribution in [1.29, 1.82) is 0 Å². The van der Waals surface area contributed by atoms with Crippen LogP contribution >= 0.6 is 0 Å². The van der Waals surface area contributed by atoms with E-state index in [2.05, 4.69) is 304 Å². The van der Waals surface area contributed by atoms with Crippen molar-refractivity contribution < 1.29 is 106 Å². The number of hydrogen-bond acceptors (Lipinski definition) is 10. The molecule has 0 saturated heterocycles. The molecule has 6 aromatic rings. The molecule has 9 rings (SSSR count). The molecular formula is C104H178Mg4N12Ni2O6+12. The maximum Gasteiger partial charge on any atom is 3.00 e. The monoisotopic (exact) mass is 1900 g/mol. The predicted molar refractivity (Wildman–Crippen MR) is 530 cm³/mol. The molecule has 706 valence electrons. The van der Waals surface area contributed by atoms with Crippen LogP contribution in [-0.4, -0.2) is 193 Å². The number of nitrogens with two attached hydrogens (primary N) is 6. The first-order valence-corrected chi connectivity index (χ1v) is 43.6. The number of phenols is 2. The number of fused-ring (bicyclic) bond motifs is 12. The van der Waals surface area contributed by atoms with Crippen molar-refractivity contribution in [2.75, 3.05) is 78.5 Å². The Morgan fingerprint density at radius 1 is 0.297 bits per heavy atom. The first-order chi connectivity index (χ1) is 53.7. The molecule has 12 bridgehead atoms. The molecule has 0 amide bonds. The summed E-state index contributed by atoms with van der Waals surface area (Å²) in [4.78, 5) is 6.86. The molecule has 6 aromatic carbocycles. The molecule has 20 N–H and O–H groups in total. The number of aromatic hydroxyl groups is 2. The number of quaternary nitrogens is 6. The summed E-state index contributed by atoms with van der Waals surface area (Å²) in [5, 5.41) is 104. The molecule has 0 aromatic heterocycles. The number of phenolic OH excluding ortho intramolecular Hbond substituents is 2. The standard InChI is InChI=1S/C34H52N4O2.2C32H52N4O2.6CH3.4Mg.2Ni/c1-31(2,3)27-11-23-15-35-19-33(7,8)21-37-17-25-13-28(32(4,5)6)14-26(30(25)40)18-38-22-34(9,10)20-36-16-24(12-27)29(23)39;2*1-30(2,3)26-12-22-16-33-10-9-11-34-17-23-13-27(31(4,5)6)15-25(29(23)38)19-36-21-32(7,8)20-35-18-24(14-26)28(22)37;;;;;;;;;;;;/h11-15,17,36,38-40H,16,18-22H2,1-10H3;2*12-15,33-38H,9-11,16-21H2,1-8H3;6*1H3;;;;;;/q;;;6*-1;4*+2;2*+3/p+4. The van der Waals surface area contributed by atoms with Gasteiger partial charge in [-0.15, -0.1) is 0 Å². The second-order valence-corrected chi connectivity index (χ2v) is 43.5. The second kappa shape index (κ2) is 58.6. The molecule has 0 fully saturated rings. The van der Waals surface area contributed by atoms with E-state index in [9.17, 15) is 30.6 Å². The average molecular weight is 1910 g/mol. The van der Waals surface area contributed by atoms with Gasteiger partial charge in [0.2, 0.25) is 0 Å². The van der Waals surface area contributed by atoms with Crippen LogP contribution in [0, 0.1) is 66.2 Å². The molecule has 0 spiro atoms. The Morgan fingerprint density at radius 3 is 0.766 bits per heavy atom. The molecule has 0 saturated carbocycles. The second-order valence-electron chi connectivity index (χ2n) is 43.5. The zero-order chi connectivity index (χ0) is 86.2. The van der Waals surface area contributed by atoms with E-state index in [1.54, 1.807) is 0 Å². The Kier molecular flexibility index (Phi) is 62.2. The van der Waals surface area contributed by atoms with Gasteiger partial charge in [-0.1, -0.05) is 222 Å². The van der Waals surface area contributed by atoms with E-state index in [4.69, 9.17) is 0 Å². The first-order valence-electron chi connectivity index (χ1n) is 43.6. The van der Waals surface area contributed by atoms with Crippen molar-refractivity contribution >= 4 is 105 Å². The van der Waals surface area contributed by atoms with Gasteiger partial charge >= 0.3 is 125 Å². The molecule has 18 nitrogen and oxygen atoms in total. The van der Waals surface area contributed by atoms with E-state index in [0.717, 1.165) is 158 Å². The van der Waals surface area contributed by atoms with Gasteiger partial charge in [-0.05, 0) is 178 Å². The Morgan fingerprint density at radius 2 is 0.516 bits per heavy atom. The summed E-state index contributed by atoms with van der Waals surface area (Å²) in [7, 11) is 0. The topological polar surface area (TPSA) is 308 Å². The molecule has 0 aliphatic carbocycles. The molecule has 0 atom stereocenters. The number of nitrogens with one attached hydrogen (secondary N) is 6. The fourth-order valence-corrected chi connectivity index (χ4v) is 15.1. The quantitative estimate of drug-likeness (QED) is 0.0670. The van der Waals surface area contributed by atoms with Crippen molar-refractivity contribution in [2.24, 2.45) is 21.7 Å². The number of rotatable bonds is 0. The van der Waals surface area contributed by atoms with Gasteiger partial charge in [0.15, 0.2) is 25.5 Å². The maximum atomic E-state index is 13.4. The first kappa shape index (κ1) is 136. The Hall–Kier alpha value is -2.89. The minimum Gasteiger partial charge on any atom is -0.872 e. The summed E-state index contributed by atoms with van der Waals surface area (Å²) in [6.07, 6.45) is 5.77. The minimum atomic E-state index is -0.109. The van der Waals surface area contributed by atoms with Crippen LogP contribution in [0.4, 0.5) is 0 Å². The fraction of sp³-hybridized carbons (Fsp3) is 0.577. The average Bonchev–Trinajstić information content (AvgIpc) is 0.828. The molecule has 3 aliphatic rings. The third-order valence-electron chi connectivity index (χ3n) is 23.2. The van der Waals surface area contributed by atoms with E-state index in [1.807, 2.05) is 24.6 Å². The van der Waals surface area contributed by atoms with Gasteiger partial charge in [0.05, 0.1) is 55.5 Å². The van der Waals surface area contributed by atoms with Gasteiger partial charge in [0.1, 0.15) is 50.8 Å². The zero-order valence-corrected chi connectivity index (χ0v) is 94.1. The third kappa shape index (κ3) is 43.6. The van der Waals surface area contributed by atoms with E-state index < -0.39 is 0 Å². The maximum absolute atomic E-state index is 13.4. The Labute approximate surface area is 866 Å². The van der Waals surface area contributed by atoms with Gasteiger partial charge < -0.3 is 128 Å². The zero-order valence-electron chi connectivity index (χ0n) is 86.5. The Balaban J connectivity index is -0.000000417. The van der Waals surface area contributed by atoms with Crippen LogP contribution in [0.3, 0.4) is 0 Å². The third-order valence-corrected chi connectivity index (χ3v) is 23.2. The van der Waals surface area contributed by atoms with Gasteiger partial charge in [-0.2, -0.15) is 0 Å². The van der Waals surface area contributed by atoms with Gasteiger partial charge in [0, 0.05) is 79.1 Å². The molecule has 3 aliphatic heterocycles. The van der Waals surface area contributed by atoms with Crippen molar-refractivity contribution in [3.8, 4) is 34.5 Å². The van der Waals surface area contributed by atoms with Gasteiger partial charge in [-0.25, -0.2) is 9.98 Å². The molecule has 2 radical (unpaired) electrons. The smallest absolute Gasteiger partial charge is 0.872 e. The summed E-state index contributed by atoms with van der Waals surface area (Å²) in [6.45, 7) is 74.6. The molecule has 3 heterocycles. The largest absolute Gasteiger partial charge is 3.00 e. The summed E-state index contributed by atoms with van der Waals surface area (Å²) in [5.74, 6) is 1.43. The summed E-state index contributed by atoms with van der Waals surface area (Å²) >= 11 is 0. The van der Waals surface area contributed by atoms with Crippen LogP contribution in [0.25, 0.3) is 0 Å². The van der Waals surface area contributed by atoms with Crippen molar-refractivity contribution in [3.63, 3.8) is 0 Å². The van der Waals surface area contributed by atoms with Crippen molar-refractivity contribution in [3.05, 3.63) is 217 Å². The summed E-state index contributed by atoms with van der Waals surface area (Å²) in [6, 6.07) is 25.4. The molecule has 24 heteroatoms. The van der Waals surface area contributed by atoms with Gasteiger partial charge in [0.25, 0.3) is 0 Å². The van der Waals surface area contributed by atoms with Crippen LogP contribution in [0.15, 0.2) is 72.8 Å². The van der Waals surface area contributed by atoms with Crippen LogP contribution in [0.2, 0.25) is 0 Å². The fourth-order valence-electron chi connectivity index (χ4n) is 15.1. The Bertz CT molecular complexity index is 3870. The van der Waals surface area contributed by atoms with Crippen LogP contribution in [0.5, 0.6) is 34.5 Å². The predicted octanol–water partition coefficient (Wildman–Crippen LogP) is 5.49. The van der Waals surface area contributed by atoms with E-state index in [0.29, 0.717) is 76.9 Å². The van der Waals surface area contributed by atoms with Crippen molar-refractivity contribution in [2.45, 2.75) is 291 Å². The summed E-state index contributed by atoms with van der Waals surface area (Å²) < 4.78 is 0. The molecular weight excluding hydrogens is 1730 g/mol. The van der Waals surface area contributed by atoms with Crippen LogP contribution < -0.4 is 83.6 Å².